The number of nitriles is 1. The van der Waals surface area contributed by atoms with Crippen molar-refractivity contribution in [1.29, 1.82) is 5.26 Å². The molecule has 1 fully saturated rings. The molecule has 5 nitrogen and oxygen atoms in total. The van der Waals surface area contributed by atoms with E-state index < -0.39 is 0 Å². The average molecular weight is 340 g/mol. The van der Waals surface area contributed by atoms with Gasteiger partial charge in [0.1, 0.15) is 11.8 Å². The summed E-state index contributed by atoms with van der Waals surface area (Å²) in [5.74, 6) is 0.669. The molecule has 0 aliphatic carbocycles. The predicted octanol–water partition coefficient (Wildman–Crippen LogP) is 3.55. The molecule has 0 N–H and O–H groups in total. The highest BCUT2D eigenvalue weighted by Gasteiger charge is 2.28. The largest absolute Gasteiger partial charge is 0.337 e. The van der Waals surface area contributed by atoms with E-state index >= 15 is 0 Å². The summed E-state index contributed by atoms with van der Waals surface area (Å²) in [6, 6.07) is 5.28. The standard InChI is InChI=1S/C18H20N4OS/c1-12(2)16-11-24-17(21-16)14-4-3-7-22(10-14)18(23)15-6-5-13(8-19)9-20-15/h5-6,9,11-12,14H,3-4,7,10H2,1-2H3. The molecule has 3 heterocycles. The Kier molecular flexibility index (Phi) is 4.91. The number of likely N-dealkylation sites (tertiary alicyclic amines) is 1. The molecule has 0 radical (unpaired) electrons. The zero-order chi connectivity index (χ0) is 17.1. The summed E-state index contributed by atoms with van der Waals surface area (Å²) in [4.78, 5) is 23.4. The number of aromatic nitrogens is 2. The molecule has 0 bridgehead atoms. The van der Waals surface area contributed by atoms with E-state index in [9.17, 15) is 4.79 Å². The van der Waals surface area contributed by atoms with E-state index in [4.69, 9.17) is 10.2 Å². The Balaban J connectivity index is 1.72. The van der Waals surface area contributed by atoms with Crippen LogP contribution in [-0.2, 0) is 0 Å². The number of thiazole rings is 1. The lowest BCUT2D eigenvalue weighted by Gasteiger charge is -2.31. The lowest BCUT2D eigenvalue weighted by molar-refractivity contribution is 0.0701. The Hall–Kier alpha value is -2.26. The number of rotatable bonds is 3. The fraction of sp³-hybridized carbons (Fsp3) is 0.444. The molecule has 1 saturated heterocycles. The van der Waals surface area contributed by atoms with Gasteiger partial charge in [0, 0.05) is 30.6 Å². The second-order valence-corrected chi connectivity index (χ2v) is 7.29. The number of hydrogen-bond acceptors (Lipinski definition) is 5. The monoisotopic (exact) mass is 340 g/mol. The third-order valence-electron chi connectivity index (χ3n) is 4.30. The number of carbonyl (C=O) groups excluding carboxylic acids is 1. The maximum absolute atomic E-state index is 12.7. The molecule has 0 aromatic carbocycles. The SMILES string of the molecule is CC(C)c1csc(C2CCCN(C(=O)c3ccc(C#N)cn3)C2)n1. The van der Waals surface area contributed by atoms with Crippen LogP contribution in [0.3, 0.4) is 0 Å². The van der Waals surface area contributed by atoms with Gasteiger partial charge < -0.3 is 4.90 Å². The van der Waals surface area contributed by atoms with E-state index in [0.717, 1.165) is 30.1 Å². The van der Waals surface area contributed by atoms with Crippen LogP contribution in [0.5, 0.6) is 0 Å². The van der Waals surface area contributed by atoms with Crippen LogP contribution in [0.15, 0.2) is 23.7 Å². The van der Waals surface area contributed by atoms with Crippen LogP contribution >= 0.6 is 11.3 Å². The van der Waals surface area contributed by atoms with Crippen molar-refractivity contribution in [1.82, 2.24) is 14.9 Å². The Morgan fingerprint density at radius 2 is 2.29 bits per heavy atom. The van der Waals surface area contributed by atoms with Gasteiger partial charge in [0.15, 0.2) is 0 Å². The second-order valence-electron chi connectivity index (χ2n) is 6.40. The minimum Gasteiger partial charge on any atom is -0.337 e. The summed E-state index contributed by atoms with van der Waals surface area (Å²) >= 11 is 1.70. The molecular formula is C18H20N4OS. The van der Waals surface area contributed by atoms with Crippen molar-refractivity contribution in [2.24, 2.45) is 0 Å². The summed E-state index contributed by atoms with van der Waals surface area (Å²) in [5, 5.41) is 12.1. The Morgan fingerprint density at radius 3 is 2.92 bits per heavy atom. The van der Waals surface area contributed by atoms with Crippen LogP contribution in [0.2, 0.25) is 0 Å². The van der Waals surface area contributed by atoms with E-state index in [1.54, 1.807) is 23.5 Å². The fourth-order valence-corrected chi connectivity index (χ4v) is 3.97. The van der Waals surface area contributed by atoms with Crippen molar-refractivity contribution >= 4 is 17.2 Å². The highest BCUT2D eigenvalue weighted by atomic mass is 32.1. The Labute approximate surface area is 146 Å². The lowest BCUT2D eigenvalue weighted by atomic mass is 9.98. The molecular weight excluding hydrogens is 320 g/mol. The third-order valence-corrected chi connectivity index (χ3v) is 5.33. The number of pyridine rings is 1. The van der Waals surface area contributed by atoms with Gasteiger partial charge in [0.05, 0.1) is 16.3 Å². The number of carbonyl (C=O) groups is 1. The van der Waals surface area contributed by atoms with Crippen molar-refractivity contribution in [2.45, 2.75) is 38.5 Å². The smallest absolute Gasteiger partial charge is 0.272 e. The van der Waals surface area contributed by atoms with Crippen LogP contribution in [0.25, 0.3) is 0 Å². The molecule has 2 aromatic heterocycles. The van der Waals surface area contributed by atoms with Crippen LogP contribution in [0.1, 0.15) is 65.3 Å². The highest BCUT2D eigenvalue weighted by molar-refractivity contribution is 7.09. The number of piperidine rings is 1. The average Bonchev–Trinajstić information content (AvgIpc) is 3.12. The van der Waals surface area contributed by atoms with Crippen molar-refractivity contribution < 1.29 is 4.79 Å². The summed E-state index contributed by atoms with van der Waals surface area (Å²) in [5.41, 5.74) is 2.00. The van der Waals surface area contributed by atoms with E-state index in [-0.39, 0.29) is 5.91 Å². The summed E-state index contributed by atoms with van der Waals surface area (Å²) < 4.78 is 0. The molecule has 1 unspecified atom stereocenters. The quantitative estimate of drug-likeness (QED) is 0.857. The van der Waals surface area contributed by atoms with Gasteiger partial charge in [-0.3, -0.25) is 4.79 Å². The number of hydrogen-bond donors (Lipinski definition) is 0. The number of amides is 1. The molecule has 124 valence electrons. The maximum Gasteiger partial charge on any atom is 0.272 e. The first kappa shape index (κ1) is 16.6. The van der Waals surface area contributed by atoms with Crippen LogP contribution < -0.4 is 0 Å². The van der Waals surface area contributed by atoms with Crippen molar-refractivity contribution in [3.05, 3.63) is 45.7 Å². The molecule has 6 heteroatoms. The molecule has 3 rings (SSSR count). The van der Waals surface area contributed by atoms with E-state index in [2.05, 4.69) is 24.2 Å². The second kappa shape index (κ2) is 7.10. The first-order valence-electron chi connectivity index (χ1n) is 8.19. The van der Waals surface area contributed by atoms with Crippen LogP contribution in [0.4, 0.5) is 0 Å². The maximum atomic E-state index is 12.7. The molecule has 1 atom stereocenters. The predicted molar refractivity (Wildman–Crippen MR) is 93.0 cm³/mol. The van der Waals surface area contributed by atoms with Gasteiger partial charge in [-0.2, -0.15) is 5.26 Å². The fourth-order valence-electron chi connectivity index (χ4n) is 2.87. The molecule has 0 spiro atoms. The number of nitrogens with zero attached hydrogens (tertiary/aromatic N) is 4. The van der Waals surface area contributed by atoms with Gasteiger partial charge in [-0.15, -0.1) is 11.3 Å². The normalized spacial score (nSPS) is 17.8. The lowest BCUT2D eigenvalue weighted by Crippen LogP contribution is -2.39. The van der Waals surface area contributed by atoms with Gasteiger partial charge in [-0.25, -0.2) is 9.97 Å². The van der Waals surface area contributed by atoms with E-state index in [1.165, 1.54) is 6.20 Å². The van der Waals surface area contributed by atoms with Crippen LogP contribution in [0, 0.1) is 11.3 Å². The molecule has 1 amide bonds. The zero-order valence-electron chi connectivity index (χ0n) is 13.9. The Bertz CT molecular complexity index is 760. The van der Waals surface area contributed by atoms with Gasteiger partial charge in [-0.05, 0) is 30.9 Å². The van der Waals surface area contributed by atoms with Gasteiger partial charge in [0.25, 0.3) is 5.91 Å². The summed E-state index contributed by atoms with van der Waals surface area (Å²) in [6.45, 7) is 5.73. The highest BCUT2D eigenvalue weighted by Crippen LogP contribution is 2.31. The van der Waals surface area contributed by atoms with Gasteiger partial charge in [0.2, 0.25) is 0 Å². The molecule has 1 aliphatic rings. The first-order chi connectivity index (χ1) is 11.6. The molecule has 0 saturated carbocycles. The van der Waals surface area contributed by atoms with Gasteiger partial charge in [-0.1, -0.05) is 13.8 Å². The first-order valence-corrected chi connectivity index (χ1v) is 9.07. The van der Waals surface area contributed by atoms with Crippen molar-refractivity contribution in [3.63, 3.8) is 0 Å². The molecule has 1 aliphatic heterocycles. The van der Waals surface area contributed by atoms with Gasteiger partial charge >= 0.3 is 0 Å². The summed E-state index contributed by atoms with van der Waals surface area (Å²) in [6.07, 6.45) is 3.49. The van der Waals surface area contributed by atoms with Crippen molar-refractivity contribution in [2.75, 3.05) is 13.1 Å². The third kappa shape index (κ3) is 3.46. The molecule has 2 aromatic rings. The topological polar surface area (TPSA) is 69.9 Å². The van der Waals surface area contributed by atoms with Crippen LogP contribution in [-0.4, -0.2) is 33.9 Å². The van der Waals surface area contributed by atoms with E-state index in [1.807, 2.05) is 11.0 Å². The van der Waals surface area contributed by atoms with E-state index in [0.29, 0.717) is 29.6 Å². The Morgan fingerprint density at radius 1 is 1.46 bits per heavy atom. The minimum absolute atomic E-state index is 0.0650. The van der Waals surface area contributed by atoms with Crippen molar-refractivity contribution in [3.8, 4) is 6.07 Å². The minimum atomic E-state index is -0.0650. The molecule has 24 heavy (non-hydrogen) atoms. The summed E-state index contributed by atoms with van der Waals surface area (Å²) in [7, 11) is 0. The zero-order valence-corrected chi connectivity index (χ0v) is 14.7.